The smallest absolute Gasteiger partial charge is 0.151 e. The van der Waals surface area contributed by atoms with Crippen LogP contribution in [-0.4, -0.2) is 27.3 Å². The van der Waals surface area contributed by atoms with Gasteiger partial charge in [-0.1, -0.05) is 37.6 Å². The van der Waals surface area contributed by atoms with Gasteiger partial charge < -0.3 is 0 Å². The molecule has 3 atom stereocenters. The summed E-state index contributed by atoms with van der Waals surface area (Å²) < 4.78 is 13.8. The molecule has 1 fully saturated rings. The van der Waals surface area contributed by atoms with E-state index in [-0.39, 0.29) is 22.5 Å². The van der Waals surface area contributed by atoms with Crippen molar-refractivity contribution in [2.24, 2.45) is 0 Å². The van der Waals surface area contributed by atoms with E-state index in [0.717, 1.165) is 5.75 Å². The molecule has 1 heterocycles. The molecule has 0 spiro atoms. The third kappa shape index (κ3) is 3.67. The lowest BCUT2D eigenvalue weighted by molar-refractivity contribution is -0.117. The molecule has 19 heavy (non-hydrogen) atoms. The van der Waals surface area contributed by atoms with Crippen molar-refractivity contribution in [2.75, 3.05) is 5.75 Å². The Hall–Kier alpha value is -0.190. The summed E-state index contributed by atoms with van der Waals surface area (Å²) in [7, 11) is 0. The molecule has 3 unspecified atom stereocenters. The van der Waals surface area contributed by atoms with Crippen LogP contribution in [-0.2, 0) is 11.2 Å². The Bertz CT molecular complexity index is 481. The van der Waals surface area contributed by atoms with E-state index in [9.17, 15) is 9.18 Å². The molecule has 0 saturated carbocycles. The molecule has 0 amide bonds. The minimum Gasteiger partial charge on any atom is -0.298 e. The SMILES string of the molecule is CC1SCC(C(=O)Cc2cccc(Cl)c2F)SC1C. The molecule has 1 aromatic carbocycles. The van der Waals surface area contributed by atoms with Crippen molar-refractivity contribution in [3.63, 3.8) is 0 Å². The summed E-state index contributed by atoms with van der Waals surface area (Å²) in [6, 6.07) is 4.81. The van der Waals surface area contributed by atoms with Gasteiger partial charge in [0, 0.05) is 22.7 Å². The fourth-order valence-electron chi connectivity index (χ4n) is 1.94. The van der Waals surface area contributed by atoms with Crippen LogP contribution in [0.15, 0.2) is 18.2 Å². The van der Waals surface area contributed by atoms with E-state index in [1.807, 2.05) is 11.8 Å². The van der Waals surface area contributed by atoms with Gasteiger partial charge in [0.1, 0.15) is 5.82 Å². The van der Waals surface area contributed by atoms with Gasteiger partial charge in [0.05, 0.1) is 10.3 Å². The van der Waals surface area contributed by atoms with Crippen LogP contribution in [0, 0.1) is 5.82 Å². The van der Waals surface area contributed by atoms with Gasteiger partial charge in [-0.05, 0) is 11.6 Å². The molecule has 5 heteroatoms. The number of Topliss-reactive ketones (excluding diaryl/α,β-unsaturated/α-hetero) is 1. The standard InChI is InChI=1S/C14H16ClFOS2/c1-8-9(2)19-13(7-18-8)12(17)6-10-4-3-5-11(15)14(10)16/h3-5,8-9,13H,6-7H2,1-2H3. The average molecular weight is 319 g/mol. The van der Waals surface area contributed by atoms with Gasteiger partial charge in [0.15, 0.2) is 5.78 Å². The Morgan fingerprint density at radius 1 is 1.42 bits per heavy atom. The first-order valence-corrected chi connectivity index (χ1v) is 8.58. The summed E-state index contributed by atoms with van der Waals surface area (Å²) in [6.07, 6.45) is 0.131. The molecule has 1 aliphatic heterocycles. The minimum atomic E-state index is -0.465. The van der Waals surface area contributed by atoms with Gasteiger partial charge in [0.2, 0.25) is 0 Å². The highest BCUT2D eigenvalue weighted by Crippen LogP contribution is 2.36. The summed E-state index contributed by atoms with van der Waals surface area (Å²) in [5, 5.41) is 1.07. The van der Waals surface area contributed by atoms with Crippen LogP contribution in [0.3, 0.4) is 0 Å². The van der Waals surface area contributed by atoms with E-state index < -0.39 is 5.82 Å². The quantitative estimate of drug-likeness (QED) is 0.830. The van der Waals surface area contributed by atoms with Crippen LogP contribution in [0.4, 0.5) is 4.39 Å². The Morgan fingerprint density at radius 2 is 2.16 bits per heavy atom. The Balaban J connectivity index is 2.03. The van der Waals surface area contributed by atoms with E-state index in [4.69, 9.17) is 11.6 Å². The zero-order valence-corrected chi connectivity index (χ0v) is 13.2. The lowest BCUT2D eigenvalue weighted by Crippen LogP contribution is -2.32. The lowest BCUT2D eigenvalue weighted by atomic mass is 10.1. The third-order valence-corrected chi connectivity index (χ3v) is 7.04. The molecule has 1 aromatic rings. The van der Waals surface area contributed by atoms with Crippen molar-refractivity contribution >= 4 is 40.9 Å². The molecule has 0 radical (unpaired) electrons. The Labute approximate surface area is 126 Å². The maximum atomic E-state index is 13.8. The van der Waals surface area contributed by atoms with Crippen LogP contribution >= 0.6 is 35.1 Å². The van der Waals surface area contributed by atoms with E-state index in [2.05, 4.69) is 13.8 Å². The second kappa shape index (κ2) is 6.51. The average Bonchev–Trinajstić information content (AvgIpc) is 2.38. The molecule has 0 aromatic heterocycles. The highest BCUT2D eigenvalue weighted by molar-refractivity contribution is 8.08. The number of benzene rings is 1. The van der Waals surface area contributed by atoms with Crippen LogP contribution in [0.5, 0.6) is 0 Å². The first-order chi connectivity index (χ1) is 8.99. The van der Waals surface area contributed by atoms with E-state index >= 15 is 0 Å². The van der Waals surface area contributed by atoms with Gasteiger partial charge in [-0.3, -0.25) is 4.79 Å². The van der Waals surface area contributed by atoms with Gasteiger partial charge in [-0.25, -0.2) is 4.39 Å². The molecule has 104 valence electrons. The highest BCUT2D eigenvalue weighted by atomic mass is 35.5. The van der Waals surface area contributed by atoms with Crippen molar-refractivity contribution in [2.45, 2.75) is 36.0 Å². The van der Waals surface area contributed by atoms with Crippen LogP contribution in [0.1, 0.15) is 19.4 Å². The normalized spacial score (nSPS) is 27.3. The predicted molar refractivity (Wildman–Crippen MR) is 82.9 cm³/mol. The van der Waals surface area contributed by atoms with Gasteiger partial charge in [0.25, 0.3) is 0 Å². The Morgan fingerprint density at radius 3 is 2.84 bits per heavy atom. The molecular weight excluding hydrogens is 303 g/mol. The number of hydrogen-bond acceptors (Lipinski definition) is 3. The van der Waals surface area contributed by atoms with Gasteiger partial charge in [-0.15, -0.1) is 11.8 Å². The number of carbonyl (C=O) groups excluding carboxylic acids is 1. The third-order valence-electron chi connectivity index (χ3n) is 3.31. The molecule has 1 aliphatic rings. The molecule has 0 N–H and O–H groups in total. The maximum absolute atomic E-state index is 13.8. The minimum absolute atomic E-state index is 0.0328. The van der Waals surface area contributed by atoms with Crippen molar-refractivity contribution < 1.29 is 9.18 Å². The fourth-order valence-corrected chi connectivity index (χ4v) is 5.02. The van der Waals surface area contributed by atoms with Gasteiger partial charge >= 0.3 is 0 Å². The summed E-state index contributed by atoms with van der Waals surface area (Å²) in [4.78, 5) is 12.2. The second-order valence-corrected chi connectivity index (χ2v) is 8.13. The first kappa shape index (κ1) is 15.2. The molecule has 0 bridgehead atoms. The first-order valence-electron chi connectivity index (χ1n) is 6.21. The summed E-state index contributed by atoms with van der Waals surface area (Å²) in [5.41, 5.74) is 0.398. The topological polar surface area (TPSA) is 17.1 Å². The number of rotatable bonds is 3. The highest BCUT2D eigenvalue weighted by Gasteiger charge is 2.30. The van der Waals surface area contributed by atoms with Crippen molar-refractivity contribution in [1.82, 2.24) is 0 Å². The van der Waals surface area contributed by atoms with Crippen molar-refractivity contribution in [3.8, 4) is 0 Å². The fraction of sp³-hybridized carbons (Fsp3) is 0.500. The van der Waals surface area contributed by atoms with E-state index in [0.29, 0.717) is 16.1 Å². The summed E-state index contributed by atoms with van der Waals surface area (Å²) in [6.45, 7) is 4.32. The largest absolute Gasteiger partial charge is 0.298 e. The second-order valence-electron chi connectivity index (χ2n) is 4.72. The summed E-state index contributed by atoms with van der Waals surface area (Å²) in [5.74, 6) is 0.446. The molecule has 2 rings (SSSR count). The lowest BCUT2D eigenvalue weighted by Gasteiger charge is -2.30. The Kier molecular flexibility index (Phi) is 5.21. The van der Waals surface area contributed by atoms with Crippen LogP contribution < -0.4 is 0 Å². The summed E-state index contributed by atoms with van der Waals surface area (Å²) >= 11 is 9.25. The van der Waals surface area contributed by atoms with E-state index in [1.54, 1.807) is 23.9 Å². The number of hydrogen-bond donors (Lipinski definition) is 0. The molecule has 0 aliphatic carbocycles. The molecular formula is C14H16ClFOS2. The monoisotopic (exact) mass is 318 g/mol. The molecule has 1 nitrogen and oxygen atoms in total. The van der Waals surface area contributed by atoms with Crippen molar-refractivity contribution in [3.05, 3.63) is 34.6 Å². The van der Waals surface area contributed by atoms with E-state index in [1.165, 1.54) is 6.07 Å². The van der Waals surface area contributed by atoms with Crippen LogP contribution in [0.25, 0.3) is 0 Å². The molecule has 1 saturated heterocycles. The number of ketones is 1. The number of carbonyl (C=O) groups is 1. The maximum Gasteiger partial charge on any atom is 0.151 e. The van der Waals surface area contributed by atoms with Crippen molar-refractivity contribution in [1.29, 1.82) is 0 Å². The zero-order valence-electron chi connectivity index (χ0n) is 10.9. The zero-order chi connectivity index (χ0) is 14.0. The predicted octanol–water partition coefficient (Wildman–Crippen LogP) is 4.22. The van der Waals surface area contributed by atoms with Gasteiger partial charge in [-0.2, -0.15) is 11.8 Å². The number of halogens is 2. The number of thioether (sulfide) groups is 2. The van der Waals surface area contributed by atoms with Crippen LogP contribution in [0.2, 0.25) is 5.02 Å².